The van der Waals surface area contributed by atoms with Crippen LogP contribution >= 0.6 is 0 Å². The van der Waals surface area contributed by atoms with Gasteiger partial charge in [-0.25, -0.2) is 4.79 Å². The second-order valence-corrected chi connectivity index (χ2v) is 5.40. The molecule has 0 spiro atoms. The Morgan fingerprint density at radius 3 is 2.00 bits per heavy atom. The number of nitrogens with zero attached hydrogens (tertiary/aromatic N) is 3. The first kappa shape index (κ1) is 15.7. The molecule has 0 bridgehead atoms. The summed E-state index contributed by atoms with van der Waals surface area (Å²) in [6.45, 7) is 0. The minimum absolute atomic E-state index is 0.550. The first-order valence-corrected chi connectivity index (χ1v) is 7.55. The Morgan fingerprint density at radius 1 is 1.04 bits per heavy atom. The number of aliphatic carboxylic acids is 1. The topological polar surface area (TPSA) is 67.5 Å². The van der Waals surface area contributed by atoms with Crippen LogP contribution in [0.4, 0.5) is 0 Å². The number of aromatic nitrogens is 2. The van der Waals surface area contributed by atoms with Gasteiger partial charge in [0.1, 0.15) is 0 Å². The SMILES string of the molecule is Cn1cc(C(N=C(c2ccccc2)c2ccccc2)C(=O)O)cn1. The van der Waals surface area contributed by atoms with Crippen molar-refractivity contribution in [3.8, 4) is 0 Å². The van der Waals surface area contributed by atoms with E-state index in [1.807, 2.05) is 60.7 Å². The molecule has 0 aliphatic heterocycles. The van der Waals surface area contributed by atoms with E-state index in [0.717, 1.165) is 11.1 Å². The van der Waals surface area contributed by atoms with Crippen LogP contribution in [-0.2, 0) is 11.8 Å². The molecule has 0 aliphatic rings. The molecule has 24 heavy (non-hydrogen) atoms. The summed E-state index contributed by atoms with van der Waals surface area (Å²) < 4.78 is 1.57. The number of aryl methyl sites for hydroxylation is 1. The zero-order valence-electron chi connectivity index (χ0n) is 13.2. The molecule has 1 N–H and O–H groups in total. The van der Waals surface area contributed by atoms with Crippen LogP contribution in [0.15, 0.2) is 78.0 Å². The number of hydrogen-bond acceptors (Lipinski definition) is 3. The normalized spacial score (nSPS) is 11.7. The van der Waals surface area contributed by atoms with Gasteiger partial charge >= 0.3 is 5.97 Å². The lowest BCUT2D eigenvalue weighted by molar-refractivity contribution is -0.138. The maximum Gasteiger partial charge on any atom is 0.333 e. The van der Waals surface area contributed by atoms with Crippen molar-refractivity contribution >= 4 is 11.7 Å². The minimum atomic E-state index is -1.01. The lowest BCUT2D eigenvalue weighted by Crippen LogP contribution is -2.13. The monoisotopic (exact) mass is 319 g/mol. The van der Waals surface area contributed by atoms with Crippen molar-refractivity contribution in [2.45, 2.75) is 6.04 Å². The lowest BCUT2D eigenvalue weighted by Gasteiger charge is -2.11. The van der Waals surface area contributed by atoms with Crippen LogP contribution < -0.4 is 0 Å². The van der Waals surface area contributed by atoms with E-state index in [4.69, 9.17) is 0 Å². The van der Waals surface area contributed by atoms with Crippen LogP contribution in [-0.4, -0.2) is 26.6 Å². The number of aliphatic imine (C=N–C) groups is 1. The van der Waals surface area contributed by atoms with Gasteiger partial charge in [0.05, 0.1) is 11.9 Å². The highest BCUT2D eigenvalue weighted by molar-refractivity contribution is 6.13. The third-order valence-electron chi connectivity index (χ3n) is 3.63. The highest BCUT2D eigenvalue weighted by Gasteiger charge is 2.22. The zero-order chi connectivity index (χ0) is 16.9. The standard InChI is InChI=1S/C19H17N3O2/c1-22-13-16(12-20-22)18(19(23)24)21-17(14-8-4-2-5-9-14)15-10-6-3-7-11-15/h2-13,18H,1H3,(H,23,24). The van der Waals surface area contributed by atoms with E-state index >= 15 is 0 Å². The number of carboxylic acids is 1. The zero-order valence-corrected chi connectivity index (χ0v) is 13.2. The number of benzene rings is 2. The van der Waals surface area contributed by atoms with Crippen LogP contribution in [0.5, 0.6) is 0 Å². The van der Waals surface area contributed by atoms with Crippen LogP contribution in [0.25, 0.3) is 0 Å². The van der Waals surface area contributed by atoms with Gasteiger partial charge in [-0.15, -0.1) is 0 Å². The summed E-state index contributed by atoms with van der Waals surface area (Å²) in [5, 5.41) is 13.7. The van der Waals surface area contributed by atoms with Gasteiger partial charge in [0, 0.05) is 29.9 Å². The fraction of sp³-hybridized carbons (Fsp3) is 0.105. The molecule has 0 saturated carbocycles. The maximum absolute atomic E-state index is 11.8. The van der Waals surface area contributed by atoms with Crippen molar-refractivity contribution < 1.29 is 9.90 Å². The second-order valence-electron chi connectivity index (χ2n) is 5.40. The van der Waals surface area contributed by atoms with Gasteiger partial charge in [-0.2, -0.15) is 5.10 Å². The molecule has 1 atom stereocenters. The molecule has 3 aromatic rings. The maximum atomic E-state index is 11.8. The van der Waals surface area contributed by atoms with Crippen LogP contribution in [0.3, 0.4) is 0 Å². The Bertz CT molecular complexity index is 813. The van der Waals surface area contributed by atoms with Crippen molar-refractivity contribution in [1.29, 1.82) is 0 Å². The van der Waals surface area contributed by atoms with E-state index in [1.165, 1.54) is 6.20 Å². The van der Waals surface area contributed by atoms with Gasteiger partial charge in [-0.05, 0) is 0 Å². The van der Waals surface area contributed by atoms with E-state index < -0.39 is 12.0 Å². The summed E-state index contributed by atoms with van der Waals surface area (Å²) in [6, 6.07) is 18.2. The fourth-order valence-electron chi connectivity index (χ4n) is 2.49. The molecule has 2 aromatic carbocycles. The second kappa shape index (κ2) is 6.91. The van der Waals surface area contributed by atoms with Gasteiger partial charge in [-0.3, -0.25) is 9.67 Å². The van der Waals surface area contributed by atoms with E-state index in [0.29, 0.717) is 11.3 Å². The largest absolute Gasteiger partial charge is 0.479 e. The Hall–Kier alpha value is -3.21. The summed E-state index contributed by atoms with van der Waals surface area (Å²) in [4.78, 5) is 16.3. The summed E-state index contributed by atoms with van der Waals surface area (Å²) in [5.74, 6) is -1.01. The molecule has 3 rings (SSSR count). The van der Waals surface area contributed by atoms with Crippen molar-refractivity contribution in [1.82, 2.24) is 9.78 Å². The van der Waals surface area contributed by atoms with Crippen molar-refractivity contribution in [3.63, 3.8) is 0 Å². The summed E-state index contributed by atoms with van der Waals surface area (Å²) in [5.41, 5.74) is 2.94. The molecular formula is C19H17N3O2. The Labute approximate surface area is 139 Å². The lowest BCUT2D eigenvalue weighted by atomic mass is 10.0. The molecule has 1 heterocycles. The smallest absolute Gasteiger partial charge is 0.333 e. The summed E-state index contributed by atoms with van der Waals surface area (Å²) in [6.07, 6.45) is 3.21. The highest BCUT2D eigenvalue weighted by atomic mass is 16.4. The molecule has 0 fully saturated rings. The first-order chi connectivity index (χ1) is 11.6. The van der Waals surface area contributed by atoms with E-state index in [2.05, 4.69) is 10.1 Å². The average Bonchev–Trinajstić information content (AvgIpc) is 3.03. The molecule has 1 unspecified atom stereocenters. The van der Waals surface area contributed by atoms with Crippen molar-refractivity contribution in [2.75, 3.05) is 0 Å². The van der Waals surface area contributed by atoms with Gasteiger partial charge < -0.3 is 5.11 Å². The van der Waals surface area contributed by atoms with E-state index in [9.17, 15) is 9.90 Å². The van der Waals surface area contributed by atoms with Gasteiger partial charge in [0.25, 0.3) is 0 Å². The number of hydrogen-bond donors (Lipinski definition) is 1. The third-order valence-corrected chi connectivity index (χ3v) is 3.63. The number of rotatable bonds is 5. The third kappa shape index (κ3) is 3.41. The molecule has 0 amide bonds. The Balaban J connectivity index is 2.13. The van der Waals surface area contributed by atoms with Crippen molar-refractivity contribution in [3.05, 3.63) is 89.7 Å². The van der Waals surface area contributed by atoms with Gasteiger partial charge in [0.15, 0.2) is 6.04 Å². The molecule has 5 heteroatoms. The van der Waals surface area contributed by atoms with E-state index in [1.54, 1.807) is 17.9 Å². The minimum Gasteiger partial charge on any atom is -0.479 e. The number of carbonyl (C=O) groups is 1. The predicted molar refractivity (Wildman–Crippen MR) is 92.1 cm³/mol. The van der Waals surface area contributed by atoms with Crippen LogP contribution in [0, 0.1) is 0 Å². The molecular weight excluding hydrogens is 302 g/mol. The summed E-state index contributed by atoms with van der Waals surface area (Å²) in [7, 11) is 1.75. The molecule has 0 saturated heterocycles. The Kier molecular flexibility index (Phi) is 4.52. The Morgan fingerprint density at radius 2 is 1.58 bits per heavy atom. The molecule has 1 aromatic heterocycles. The summed E-state index contributed by atoms with van der Waals surface area (Å²) >= 11 is 0. The van der Waals surface area contributed by atoms with Crippen LogP contribution in [0.2, 0.25) is 0 Å². The molecule has 120 valence electrons. The van der Waals surface area contributed by atoms with E-state index in [-0.39, 0.29) is 0 Å². The van der Waals surface area contributed by atoms with Crippen LogP contribution in [0.1, 0.15) is 22.7 Å². The molecule has 0 radical (unpaired) electrons. The van der Waals surface area contributed by atoms with Gasteiger partial charge in [-0.1, -0.05) is 60.7 Å². The van der Waals surface area contributed by atoms with Gasteiger partial charge in [0.2, 0.25) is 0 Å². The fourth-order valence-corrected chi connectivity index (χ4v) is 2.49. The number of carboxylic acid groups (broad SMARTS) is 1. The van der Waals surface area contributed by atoms with Crippen molar-refractivity contribution in [2.24, 2.45) is 12.0 Å². The molecule has 5 nitrogen and oxygen atoms in total. The predicted octanol–water partition coefficient (Wildman–Crippen LogP) is 3.08. The highest BCUT2D eigenvalue weighted by Crippen LogP contribution is 2.21. The average molecular weight is 319 g/mol. The first-order valence-electron chi connectivity index (χ1n) is 7.55. The molecule has 0 aliphatic carbocycles. The quantitative estimate of drug-likeness (QED) is 0.735.